The normalized spacial score (nSPS) is 14.3. The number of anilines is 3. The van der Waals surface area contributed by atoms with Gasteiger partial charge in [-0.25, -0.2) is 14.4 Å². The predicted octanol–water partition coefficient (Wildman–Crippen LogP) is 5.00. The van der Waals surface area contributed by atoms with Crippen LogP contribution in [0.25, 0.3) is 22.2 Å². The first-order valence-corrected chi connectivity index (χ1v) is 10.0. The number of morpholine rings is 1. The van der Waals surface area contributed by atoms with Crippen molar-refractivity contribution in [3.8, 4) is 11.3 Å². The minimum atomic E-state index is -0.460. The van der Waals surface area contributed by atoms with Gasteiger partial charge in [0.15, 0.2) is 0 Å². The van der Waals surface area contributed by atoms with Gasteiger partial charge in [-0.2, -0.15) is 0 Å². The molecule has 0 bridgehead atoms. The Labute approximate surface area is 177 Å². The van der Waals surface area contributed by atoms with Crippen molar-refractivity contribution in [1.29, 1.82) is 0 Å². The van der Waals surface area contributed by atoms with Gasteiger partial charge in [0.25, 0.3) is 0 Å². The Balaban J connectivity index is 1.38. The fourth-order valence-electron chi connectivity index (χ4n) is 3.60. The number of nitrogens with zero attached hydrogens (tertiary/aromatic N) is 3. The number of ether oxygens (including phenoxy) is 1. The minimum absolute atomic E-state index is 0.0847. The van der Waals surface area contributed by atoms with E-state index in [9.17, 15) is 4.39 Å². The molecule has 3 heterocycles. The zero-order chi connectivity index (χ0) is 20.5. The van der Waals surface area contributed by atoms with E-state index in [-0.39, 0.29) is 5.02 Å². The van der Waals surface area contributed by atoms with Crippen LogP contribution in [0.1, 0.15) is 0 Å². The second kappa shape index (κ2) is 7.93. The van der Waals surface area contributed by atoms with E-state index in [0.717, 1.165) is 54.1 Å². The van der Waals surface area contributed by atoms with Crippen LogP contribution in [0.2, 0.25) is 5.02 Å². The zero-order valence-corrected chi connectivity index (χ0v) is 16.8. The molecule has 2 N–H and O–H groups in total. The topological polar surface area (TPSA) is 66.1 Å². The van der Waals surface area contributed by atoms with E-state index in [2.05, 4.69) is 37.3 Å². The molecule has 1 fully saturated rings. The Morgan fingerprint density at radius 3 is 2.70 bits per heavy atom. The molecule has 0 radical (unpaired) electrons. The van der Waals surface area contributed by atoms with Crippen LogP contribution >= 0.6 is 11.6 Å². The molecular formula is C22H19ClFN5O. The number of aromatic amines is 1. The smallest absolute Gasteiger partial charge is 0.227 e. The summed E-state index contributed by atoms with van der Waals surface area (Å²) in [7, 11) is 0. The van der Waals surface area contributed by atoms with Gasteiger partial charge in [0, 0.05) is 53.3 Å². The first kappa shape index (κ1) is 18.8. The maximum Gasteiger partial charge on any atom is 0.227 e. The van der Waals surface area contributed by atoms with Crippen molar-refractivity contribution >= 4 is 39.8 Å². The van der Waals surface area contributed by atoms with Crippen LogP contribution in [0.4, 0.5) is 21.7 Å². The summed E-state index contributed by atoms with van der Waals surface area (Å²) < 4.78 is 19.4. The molecule has 0 atom stereocenters. The lowest BCUT2D eigenvalue weighted by Gasteiger charge is -2.28. The Kier molecular flexibility index (Phi) is 4.98. The van der Waals surface area contributed by atoms with Gasteiger partial charge < -0.3 is 19.9 Å². The first-order chi connectivity index (χ1) is 14.7. The molecule has 1 aliphatic rings. The largest absolute Gasteiger partial charge is 0.378 e. The van der Waals surface area contributed by atoms with Gasteiger partial charge in [0.1, 0.15) is 5.82 Å². The number of fused-ring (bicyclic) bond motifs is 1. The van der Waals surface area contributed by atoms with Crippen LogP contribution in [-0.2, 0) is 4.74 Å². The van der Waals surface area contributed by atoms with Gasteiger partial charge in [-0.05, 0) is 42.5 Å². The third kappa shape index (κ3) is 3.69. The van der Waals surface area contributed by atoms with Crippen LogP contribution in [0.15, 0.2) is 54.9 Å². The number of nitrogens with one attached hydrogen (secondary N) is 2. The van der Waals surface area contributed by atoms with Crippen molar-refractivity contribution < 1.29 is 9.13 Å². The maximum absolute atomic E-state index is 14.0. The van der Waals surface area contributed by atoms with Crippen LogP contribution in [0.5, 0.6) is 0 Å². The summed E-state index contributed by atoms with van der Waals surface area (Å²) in [5.74, 6) is 0.00758. The van der Waals surface area contributed by atoms with Crippen molar-refractivity contribution in [2.75, 3.05) is 36.5 Å². The predicted molar refractivity (Wildman–Crippen MR) is 117 cm³/mol. The molecule has 0 saturated carbocycles. The molecule has 1 aliphatic heterocycles. The molecule has 0 unspecified atom stereocenters. The monoisotopic (exact) mass is 423 g/mol. The molecule has 4 aromatic rings. The number of hydrogen-bond acceptors (Lipinski definition) is 5. The quantitative estimate of drug-likeness (QED) is 0.483. The standard InChI is InChI=1S/C22H19ClFN5O/c23-18-12-21-16(11-19(18)24)17(13-26-21)20-5-6-25-22(28-20)27-14-1-3-15(4-2-14)29-7-9-30-10-8-29/h1-6,11-13,26H,7-10H2,(H,25,27,28). The maximum atomic E-state index is 14.0. The summed E-state index contributed by atoms with van der Waals surface area (Å²) in [6.07, 6.45) is 3.47. The number of rotatable bonds is 4. The Morgan fingerprint density at radius 1 is 1.10 bits per heavy atom. The summed E-state index contributed by atoms with van der Waals surface area (Å²) in [5, 5.41) is 4.04. The molecule has 5 rings (SSSR count). The number of aromatic nitrogens is 3. The van der Waals surface area contributed by atoms with Crippen molar-refractivity contribution in [2.24, 2.45) is 0 Å². The molecule has 8 heteroatoms. The summed E-state index contributed by atoms with van der Waals surface area (Å²) in [6.45, 7) is 3.30. The van der Waals surface area contributed by atoms with Crippen molar-refractivity contribution in [3.05, 3.63) is 65.7 Å². The molecule has 2 aromatic carbocycles. The Morgan fingerprint density at radius 2 is 1.90 bits per heavy atom. The second-order valence-corrected chi connectivity index (χ2v) is 7.46. The molecule has 0 spiro atoms. The van der Waals surface area contributed by atoms with Gasteiger partial charge in [0.05, 0.1) is 23.9 Å². The second-order valence-electron chi connectivity index (χ2n) is 7.05. The number of benzene rings is 2. The van der Waals surface area contributed by atoms with Crippen LogP contribution in [0, 0.1) is 5.82 Å². The van der Waals surface area contributed by atoms with Gasteiger partial charge in [-0.3, -0.25) is 0 Å². The number of halogens is 2. The average Bonchev–Trinajstić information content (AvgIpc) is 3.18. The van der Waals surface area contributed by atoms with Gasteiger partial charge in [-0.1, -0.05) is 11.6 Å². The first-order valence-electron chi connectivity index (χ1n) is 9.67. The SMILES string of the molecule is Fc1cc2c(-c3ccnc(Nc4ccc(N5CCOCC5)cc4)n3)c[nH]c2cc1Cl. The summed E-state index contributed by atoms with van der Waals surface area (Å²) >= 11 is 5.88. The highest BCUT2D eigenvalue weighted by Crippen LogP contribution is 2.31. The summed E-state index contributed by atoms with van der Waals surface area (Å²) in [6, 6.07) is 12.9. The van der Waals surface area contributed by atoms with E-state index < -0.39 is 5.82 Å². The van der Waals surface area contributed by atoms with Gasteiger partial charge >= 0.3 is 0 Å². The third-order valence-corrected chi connectivity index (χ3v) is 5.44. The molecular weight excluding hydrogens is 405 g/mol. The molecule has 6 nitrogen and oxygen atoms in total. The molecule has 152 valence electrons. The van der Waals surface area contributed by atoms with Crippen molar-refractivity contribution in [1.82, 2.24) is 15.0 Å². The van der Waals surface area contributed by atoms with Gasteiger partial charge in [-0.15, -0.1) is 0 Å². The zero-order valence-electron chi connectivity index (χ0n) is 16.0. The van der Waals surface area contributed by atoms with E-state index in [1.54, 1.807) is 24.5 Å². The van der Waals surface area contributed by atoms with Crippen molar-refractivity contribution in [2.45, 2.75) is 0 Å². The minimum Gasteiger partial charge on any atom is -0.378 e. The molecule has 2 aromatic heterocycles. The molecule has 0 aliphatic carbocycles. The van der Waals surface area contributed by atoms with Gasteiger partial charge in [0.2, 0.25) is 5.95 Å². The summed E-state index contributed by atoms with van der Waals surface area (Å²) in [4.78, 5) is 14.3. The fourth-order valence-corrected chi connectivity index (χ4v) is 3.77. The highest BCUT2D eigenvalue weighted by Gasteiger charge is 2.13. The lowest BCUT2D eigenvalue weighted by atomic mass is 10.1. The highest BCUT2D eigenvalue weighted by atomic mass is 35.5. The van der Waals surface area contributed by atoms with Crippen LogP contribution in [-0.4, -0.2) is 41.3 Å². The summed E-state index contributed by atoms with van der Waals surface area (Å²) in [5.41, 5.74) is 4.28. The van der Waals surface area contributed by atoms with E-state index >= 15 is 0 Å². The lowest BCUT2D eigenvalue weighted by molar-refractivity contribution is 0.122. The molecule has 0 amide bonds. The fraction of sp³-hybridized carbons (Fsp3) is 0.182. The average molecular weight is 424 g/mol. The molecule has 30 heavy (non-hydrogen) atoms. The lowest BCUT2D eigenvalue weighted by Crippen LogP contribution is -2.36. The van der Waals surface area contributed by atoms with Crippen LogP contribution in [0.3, 0.4) is 0 Å². The van der Waals surface area contributed by atoms with E-state index in [0.29, 0.717) is 11.6 Å². The molecule has 1 saturated heterocycles. The van der Waals surface area contributed by atoms with E-state index in [1.165, 1.54) is 6.07 Å². The highest BCUT2D eigenvalue weighted by molar-refractivity contribution is 6.31. The third-order valence-electron chi connectivity index (χ3n) is 5.15. The van der Waals surface area contributed by atoms with Crippen molar-refractivity contribution in [3.63, 3.8) is 0 Å². The Bertz CT molecular complexity index is 1190. The number of H-pyrrole nitrogens is 1. The van der Waals surface area contributed by atoms with E-state index in [1.807, 2.05) is 12.1 Å². The Hall–Kier alpha value is -3.16. The number of hydrogen-bond donors (Lipinski definition) is 2. The van der Waals surface area contributed by atoms with E-state index in [4.69, 9.17) is 16.3 Å². The van der Waals surface area contributed by atoms with Crippen LogP contribution < -0.4 is 10.2 Å².